The molecule has 4 rings (SSSR count). The predicted molar refractivity (Wildman–Crippen MR) is 106 cm³/mol. The normalized spacial score (nSPS) is 49.1. The van der Waals surface area contributed by atoms with Crippen molar-refractivity contribution >= 4 is 5.78 Å². The van der Waals surface area contributed by atoms with Gasteiger partial charge in [0.05, 0.1) is 11.9 Å². The standard InChI is InChI=1S/C23H35NO3/c1-14(24)27-13-15-11-17-18(21(2)8-5-16(25)12-20(15)21)6-9-22(3)19(17)7-10-23(22,4)26/h12-14,17-19,26H,5-11,24H2,1-4H3/b15-13-/t14?,17-,18+,19+,21-,22+,23+/m1/s1. The van der Waals surface area contributed by atoms with E-state index in [0.717, 1.165) is 44.1 Å². The monoisotopic (exact) mass is 373 g/mol. The number of allylic oxidation sites excluding steroid dienone is 2. The fraction of sp³-hybridized carbons (Fsp3) is 0.783. The summed E-state index contributed by atoms with van der Waals surface area (Å²) in [6.45, 7) is 8.53. The molecule has 4 nitrogen and oxygen atoms in total. The van der Waals surface area contributed by atoms with Crippen molar-refractivity contribution in [3.63, 3.8) is 0 Å². The van der Waals surface area contributed by atoms with Crippen molar-refractivity contribution in [2.45, 2.75) is 84.5 Å². The Kier molecular flexibility index (Phi) is 4.40. The lowest BCUT2D eigenvalue weighted by Crippen LogP contribution is -2.54. The molecule has 0 bridgehead atoms. The van der Waals surface area contributed by atoms with Crippen LogP contribution < -0.4 is 5.73 Å². The van der Waals surface area contributed by atoms with E-state index in [1.807, 2.05) is 26.2 Å². The van der Waals surface area contributed by atoms with Crippen molar-refractivity contribution in [2.24, 2.45) is 34.3 Å². The van der Waals surface area contributed by atoms with Crippen LogP contribution in [-0.2, 0) is 9.53 Å². The maximum absolute atomic E-state index is 12.2. The summed E-state index contributed by atoms with van der Waals surface area (Å²) in [5.41, 5.74) is 7.61. The van der Waals surface area contributed by atoms with Gasteiger partial charge in [-0.1, -0.05) is 13.8 Å². The lowest BCUT2D eigenvalue weighted by molar-refractivity contribution is -0.121. The number of ketones is 1. The molecule has 4 heteroatoms. The molecule has 3 saturated carbocycles. The van der Waals surface area contributed by atoms with Crippen LogP contribution in [0.25, 0.3) is 0 Å². The molecule has 7 atom stereocenters. The molecule has 0 spiro atoms. The second kappa shape index (κ2) is 6.18. The van der Waals surface area contributed by atoms with E-state index in [0.29, 0.717) is 24.2 Å². The van der Waals surface area contributed by atoms with Crippen LogP contribution in [0.3, 0.4) is 0 Å². The summed E-state index contributed by atoms with van der Waals surface area (Å²) < 4.78 is 5.68. The number of ether oxygens (including phenoxy) is 1. The highest BCUT2D eigenvalue weighted by Crippen LogP contribution is 2.68. The van der Waals surface area contributed by atoms with Crippen molar-refractivity contribution in [1.29, 1.82) is 0 Å². The van der Waals surface area contributed by atoms with Gasteiger partial charge in [-0.25, -0.2) is 0 Å². The Balaban J connectivity index is 1.76. The maximum Gasteiger partial charge on any atom is 0.156 e. The Hall–Kier alpha value is -1.13. The van der Waals surface area contributed by atoms with E-state index in [9.17, 15) is 9.90 Å². The molecule has 0 heterocycles. The van der Waals surface area contributed by atoms with Gasteiger partial charge < -0.3 is 9.84 Å². The number of carbonyl (C=O) groups is 1. The number of hydrogen-bond donors (Lipinski definition) is 2. The first kappa shape index (κ1) is 19.2. The summed E-state index contributed by atoms with van der Waals surface area (Å²) in [6, 6.07) is 0. The lowest BCUT2D eigenvalue weighted by Gasteiger charge is -2.59. The molecule has 27 heavy (non-hydrogen) atoms. The summed E-state index contributed by atoms with van der Waals surface area (Å²) in [5, 5.41) is 11.1. The van der Waals surface area contributed by atoms with Crippen molar-refractivity contribution in [3.05, 3.63) is 23.5 Å². The summed E-state index contributed by atoms with van der Waals surface area (Å²) in [5.74, 6) is 1.88. The number of carbonyl (C=O) groups excluding carboxylic acids is 1. The second-order valence-electron chi connectivity index (χ2n) is 10.3. The molecule has 0 aliphatic heterocycles. The Morgan fingerprint density at radius 3 is 2.63 bits per heavy atom. The number of rotatable bonds is 2. The van der Waals surface area contributed by atoms with Gasteiger partial charge in [0.25, 0.3) is 0 Å². The van der Waals surface area contributed by atoms with E-state index in [2.05, 4.69) is 13.8 Å². The third-order valence-corrected chi connectivity index (χ3v) is 8.86. The minimum atomic E-state index is -0.575. The highest BCUT2D eigenvalue weighted by molar-refractivity contribution is 5.92. The smallest absolute Gasteiger partial charge is 0.156 e. The van der Waals surface area contributed by atoms with Gasteiger partial charge >= 0.3 is 0 Å². The van der Waals surface area contributed by atoms with Crippen LogP contribution in [0.1, 0.15) is 72.6 Å². The maximum atomic E-state index is 12.2. The lowest BCUT2D eigenvalue weighted by atomic mass is 9.46. The molecule has 0 aromatic heterocycles. The molecule has 0 radical (unpaired) electrons. The van der Waals surface area contributed by atoms with Gasteiger partial charge in [0, 0.05) is 6.42 Å². The molecule has 4 aliphatic rings. The van der Waals surface area contributed by atoms with Gasteiger partial charge in [0.15, 0.2) is 5.78 Å². The van der Waals surface area contributed by atoms with E-state index in [1.54, 1.807) is 0 Å². The Morgan fingerprint density at radius 1 is 1.22 bits per heavy atom. The quantitative estimate of drug-likeness (QED) is 0.565. The van der Waals surface area contributed by atoms with Crippen LogP contribution in [0.5, 0.6) is 0 Å². The Bertz CT molecular complexity index is 706. The average molecular weight is 374 g/mol. The van der Waals surface area contributed by atoms with Crippen molar-refractivity contribution in [3.8, 4) is 0 Å². The zero-order chi connectivity index (χ0) is 19.6. The summed E-state index contributed by atoms with van der Waals surface area (Å²) in [4.78, 5) is 12.2. The van der Waals surface area contributed by atoms with E-state index >= 15 is 0 Å². The molecule has 150 valence electrons. The van der Waals surface area contributed by atoms with Crippen LogP contribution in [0.4, 0.5) is 0 Å². The number of hydrogen-bond acceptors (Lipinski definition) is 4. The SMILES string of the molecule is CC(N)O/C=C1/C[C@@H]2[C@H](CC[C@@]3(C)[C@H]2CC[C@]3(C)O)[C@@]2(C)CCC(=O)C=C12. The highest BCUT2D eigenvalue weighted by Gasteiger charge is 2.63. The fourth-order valence-electron chi connectivity index (χ4n) is 7.03. The first-order chi connectivity index (χ1) is 12.6. The van der Waals surface area contributed by atoms with Crippen LogP contribution in [-0.4, -0.2) is 22.7 Å². The Morgan fingerprint density at radius 2 is 1.93 bits per heavy atom. The van der Waals surface area contributed by atoms with Crippen LogP contribution >= 0.6 is 0 Å². The minimum absolute atomic E-state index is 0.0106. The summed E-state index contributed by atoms with van der Waals surface area (Å²) in [6.07, 6.45) is 10.1. The van der Waals surface area contributed by atoms with Gasteiger partial charge in [0.1, 0.15) is 6.23 Å². The summed E-state index contributed by atoms with van der Waals surface area (Å²) >= 11 is 0. The summed E-state index contributed by atoms with van der Waals surface area (Å²) in [7, 11) is 0. The topological polar surface area (TPSA) is 72.6 Å². The molecule has 1 unspecified atom stereocenters. The first-order valence-electron chi connectivity index (χ1n) is 10.7. The zero-order valence-corrected chi connectivity index (χ0v) is 17.3. The van der Waals surface area contributed by atoms with Gasteiger partial charge in [-0.05, 0) is 98.2 Å². The largest absolute Gasteiger partial charge is 0.483 e. The van der Waals surface area contributed by atoms with Crippen LogP contribution in [0.2, 0.25) is 0 Å². The minimum Gasteiger partial charge on any atom is -0.483 e. The highest BCUT2D eigenvalue weighted by atomic mass is 16.5. The Labute approximate surface area is 163 Å². The van der Waals surface area contributed by atoms with E-state index in [1.165, 1.54) is 5.57 Å². The van der Waals surface area contributed by atoms with Gasteiger partial charge in [-0.15, -0.1) is 0 Å². The first-order valence-corrected chi connectivity index (χ1v) is 10.7. The molecule has 0 aromatic rings. The number of aliphatic hydroxyl groups is 1. The van der Waals surface area contributed by atoms with Crippen molar-refractivity contribution in [1.82, 2.24) is 0 Å². The van der Waals surface area contributed by atoms with E-state index < -0.39 is 5.60 Å². The van der Waals surface area contributed by atoms with Gasteiger partial charge in [-0.2, -0.15) is 0 Å². The average Bonchev–Trinajstić information content (AvgIpc) is 2.83. The van der Waals surface area contributed by atoms with Crippen LogP contribution in [0.15, 0.2) is 23.5 Å². The van der Waals surface area contributed by atoms with Crippen molar-refractivity contribution < 1.29 is 14.6 Å². The van der Waals surface area contributed by atoms with Crippen molar-refractivity contribution in [2.75, 3.05) is 0 Å². The molecule has 3 fully saturated rings. The number of fused-ring (bicyclic) bond motifs is 5. The molecule has 0 amide bonds. The zero-order valence-electron chi connectivity index (χ0n) is 17.3. The third-order valence-electron chi connectivity index (χ3n) is 8.86. The fourth-order valence-corrected chi connectivity index (χ4v) is 7.03. The molecule has 3 N–H and O–H groups in total. The molecular formula is C23H35NO3. The van der Waals surface area contributed by atoms with Gasteiger partial charge in [0.2, 0.25) is 0 Å². The van der Waals surface area contributed by atoms with Gasteiger partial charge in [-0.3, -0.25) is 10.5 Å². The molecule has 0 aromatic carbocycles. The predicted octanol–water partition coefficient (Wildman–Crippen LogP) is 4.08. The molecular weight excluding hydrogens is 338 g/mol. The molecule has 0 saturated heterocycles. The van der Waals surface area contributed by atoms with E-state index in [4.69, 9.17) is 10.5 Å². The van der Waals surface area contributed by atoms with Crippen LogP contribution in [0, 0.1) is 28.6 Å². The second-order valence-corrected chi connectivity index (χ2v) is 10.3. The third kappa shape index (κ3) is 2.74. The van der Waals surface area contributed by atoms with E-state index in [-0.39, 0.29) is 22.8 Å². The molecule has 4 aliphatic carbocycles. The number of nitrogens with two attached hydrogens (primary N) is 1.